The van der Waals surface area contributed by atoms with E-state index in [1.54, 1.807) is 18.9 Å². The van der Waals surface area contributed by atoms with Crippen molar-refractivity contribution in [3.05, 3.63) is 29.3 Å². The number of methoxy groups -OCH3 is 1. The van der Waals surface area contributed by atoms with Crippen LogP contribution in [-0.4, -0.2) is 24.1 Å². The first-order chi connectivity index (χ1) is 7.71. The molecule has 1 rings (SSSR count). The van der Waals surface area contributed by atoms with Crippen LogP contribution in [0.3, 0.4) is 0 Å². The van der Waals surface area contributed by atoms with Gasteiger partial charge in [-0.15, -0.1) is 0 Å². The van der Waals surface area contributed by atoms with Gasteiger partial charge >= 0.3 is 0 Å². The lowest BCUT2D eigenvalue weighted by atomic mass is 10.1. The molecule has 0 radical (unpaired) electrons. The fourth-order valence-electron chi connectivity index (χ4n) is 1.36. The third-order valence-corrected chi connectivity index (χ3v) is 3.56. The molecule has 0 aliphatic heterocycles. The second kappa shape index (κ2) is 6.78. The standard InChI is InChI=1S/C12H19NO2S/c1-9(7-14)16-8-11-5-10(6-13)3-4-12(11)15-2/h3-5,9,14H,6-8,13H2,1-2H3. The number of hydrogen-bond donors (Lipinski definition) is 2. The zero-order valence-corrected chi connectivity index (χ0v) is 10.6. The Labute approximate surface area is 101 Å². The number of ether oxygens (including phenoxy) is 1. The first kappa shape index (κ1) is 13.4. The first-order valence-electron chi connectivity index (χ1n) is 5.29. The van der Waals surface area contributed by atoms with E-state index in [-0.39, 0.29) is 11.9 Å². The van der Waals surface area contributed by atoms with Crippen LogP contribution in [0, 0.1) is 0 Å². The molecule has 0 aromatic heterocycles. The summed E-state index contributed by atoms with van der Waals surface area (Å²) in [6, 6.07) is 5.99. The van der Waals surface area contributed by atoms with Gasteiger partial charge in [-0.1, -0.05) is 13.0 Å². The predicted octanol–water partition coefficient (Wildman–Crippen LogP) is 1.77. The van der Waals surface area contributed by atoms with E-state index in [0.717, 1.165) is 22.6 Å². The lowest BCUT2D eigenvalue weighted by molar-refractivity contribution is 0.300. The molecule has 0 saturated carbocycles. The van der Waals surface area contributed by atoms with Crippen LogP contribution in [0.4, 0.5) is 0 Å². The van der Waals surface area contributed by atoms with Crippen molar-refractivity contribution in [3.8, 4) is 5.75 Å². The van der Waals surface area contributed by atoms with Crippen LogP contribution < -0.4 is 10.5 Å². The predicted molar refractivity (Wildman–Crippen MR) is 68.7 cm³/mol. The zero-order valence-electron chi connectivity index (χ0n) is 9.77. The molecule has 0 saturated heterocycles. The van der Waals surface area contributed by atoms with Crippen LogP contribution in [0.25, 0.3) is 0 Å². The Morgan fingerprint density at radius 1 is 1.50 bits per heavy atom. The summed E-state index contributed by atoms with van der Waals surface area (Å²) in [6.45, 7) is 2.74. The smallest absolute Gasteiger partial charge is 0.122 e. The number of hydrogen-bond acceptors (Lipinski definition) is 4. The Balaban J connectivity index is 2.75. The minimum absolute atomic E-state index is 0.198. The van der Waals surface area contributed by atoms with Gasteiger partial charge in [0.05, 0.1) is 13.7 Å². The largest absolute Gasteiger partial charge is 0.496 e. The number of aliphatic hydroxyl groups is 1. The summed E-state index contributed by atoms with van der Waals surface area (Å²) >= 11 is 1.71. The minimum Gasteiger partial charge on any atom is -0.496 e. The SMILES string of the molecule is COc1ccc(CN)cc1CSC(C)CO. The number of benzene rings is 1. The Kier molecular flexibility index (Phi) is 5.66. The normalized spacial score (nSPS) is 12.5. The number of rotatable bonds is 6. The maximum absolute atomic E-state index is 8.97. The van der Waals surface area contributed by atoms with E-state index in [1.165, 1.54) is 0 Å². The average molecular weight is 241 g/mol. The summed E-state index contributed by atoms with van der Waals surface area (Å²) in [5.74, 6) is 1.72. The molecule has 0 amide bonds. The molecule has 0 heterocycles. The summed E-state index contributed by atoms with van der Waals surface area (Å²) < 4.78 is 5.29. The maximum atomic E-state index is 8.97. The summed E-state index contributed by atoms with van der Waals surface area (Å²) in [5, 5.41) is 9.21. The van der Waals surface area contributed by atoms with Gasteiger partial charge in [0.1, 0.15) is 5.75 Å². The number of nitrogens with two attached hydrogens (primary N) is 1. The Hall–Kier alpha value is -0.710. The monoisotopic (exact) mass is 241 g/mol. The molecule has 0 bridgehead atoms. The lowest BCUT2D eigenvalue weighted by Gasteiger charge is -2.12. The van der Waals surface area contributed by atoms with Crippen molar-refractivity contribution in [3.63, 3.8) is 0 Å². The highest BCUT2D eigenvalue weighted by Gasteiger charge is 2.07. The second-order valence-electron chi connectivity index (χ2n) is 3.65. The van der Waals surface area contributed by atoms with Crippen molar-refractivity contribution in [2.24, 2.45) is 5.73 Å². The van der Waals surface area contributed by atoms with Gasteiger partial charge in [0.25, 0.3) is 0 Å². The van der Waals surface area contributed by atoms with Gasteiger partial charge in [-0.25, -0.2) is 0 Å². The lowest BCUT2D eigenvalue weighted by Crippen LogP contribution is -2.04. The van der Waals surface area contributed by atoms with E-state index >= 15 is 0 Å². The van der Waals surface area contributed by atoms with E-state index < -0.39 is 0 Å². The highest BCUT2D eigenvalue weighted by atomic mass is 32.2. The molecule has 3 N–H and O–H groups in total. The molecule has 0 spiro atoms. The summed E-state index contributed by atoms with van der Waals surface area (Å²) in [4.78, 5) is 0. The topological polar surface area (TPSA) is 55.5 Å². The van der Waals surface area contributed by atoms with Gasteiger partial charge in [0.15, 0.2) is 0 Å². The Morgan fingerprint density at radius 2 is 2.25 bits per heavy atom. The molecule has 0 aliphatic rings. The number of thioether (sulfide) groups is 1. The molecular weight excluding hydrogens is 222 g/mol. The fraction of sp³-hybridized carbons (Fsp3) is 0.500. The maximum Gasteiger partial charge on any atom is 0.122 e. The third-order valence-electron chi connectivity index (χ3n) is 2.36. The van der Waals surface area contributed by atoms with E-state index in [9.17, 15) is 0 Å². The molecule has 16 heavy (non-hydrogen) atoms. The van der Waals surface area contributed by atoms with Crippen molar-refractivity contribution >= 4 is 11.8 Å². The van der Waals surface area contributed by atoms with E-state index in [4.69, 9.17) is 15.6 Å². The molecular formula is C12H19NO2S. The second-order valence-corrected chi connectivity index (χ2v) is 5.08. The molecule has 0 fully saturated rings. The molecule has 1 atom stereocenters. The molecule has 1 aromatic rings. The molecule has 1 unspecified atom stereocenters. The number of aliphatic hydroxyl groups excluding tert-OH is 1. The van der Waals surface area contributed by atoms with Crippen molar-refractivity contribution in [1.82, 2.24) is 0 Å². The molecule has 4 heteroatoms. The third kappa shape index (κ3) is 3.70. The van der Waals surface area contributed by atoms with Gasteiger partial charge in [-0.3, -0.25) is 0 Å². The Morgan fingerprint density at radius 3 is 2.81 bits per heavy atom. The molecule has 1 aromatic carbocycles. The fourth-order valence-corrected chi connectivity index (χ4v) is 2.15. The van der Waals surface area contributed by atoms with Gasteiger partial charge in [0.2, 0.25) is 0 Å². The van der Waals surface area contributed by atoms with Gasteiger partial charge in [-0.05, 0) is 17.7 Å². The highest BCUT2D eigenvalue weighted by molar-refractivity contribution is 7.99. The minimum atomic E-state index is 0.198. The van der Waals surface area contributed by atoms with Crippen molar-refractivity contribution in [2.75, 3.05) is 13.7 Å². The van der Waals surface area contributed by atoms with Gasteiger partial charge in [-0.2, -0.15) is 11.8 Å². The van der Waals surface area contributed by atoms with E-state index in [1.807, 2.05) is 19.1 Å². The summed E-state index contributed by atoms with van der Waals surface area (Å²) in [7, 11) is 1.67. The molecule has 90 valence electrons. The van der Waals surface area contributed by atoms with Crippen molar-refractivity contribution in [1.29, 1.82) is 0 Å². The zero-order chi connectivity index (χ0) is 12.0. The van der Waals surface area contributed by atoms with Crippen LogP contribution in [0.2, 0.25) is 0 Å². The van der Waals surface area contributed by atoms with Crippen LogP contribution in [0.1, 0.15) is 18.1 Å². The van der Waals surface area contributed by atoms with Crippen LogP contribution >= 0.6 is 11.8 Å². The summed E-state index contributed by atoms with van der Waals surface area (Å²) in [6.07, 6.45) is 0. The van der Waals surface area contributed by atoms with Crippen molar-refractivity contribution in [2.45, 2.75) is 24.5 Å². The summed E-state index contributed by atoms with van der Waals surface area (Å²) in [5.41, 5.74) is 7.84. The van der Waals surface area contributed by atoms with Gasteiger partial charge in [0, 0.05) is 23.1 Å². The Bertz CT molecular complexity index is 331. The first-order valence-corrected chi connectivity index (χ1v) is 6.34. The van der Waals surface area contributed by atoms with E-state index in [2.05, 4.69) is 6.07 Å². The van der Waals surface area contributed by atoms with Gasteiger partial charge < -0.3 is 15.6 Å². The molecule has 3 nitrogen and oxygen atoms in total. The van der Waals surface area contributed by atoms with Crippen LogP contribution in [-0.2, 0) is 12.3 Å². The highest BCUT2D eigenvalue weighted by Crippen LogP contribution is 2.26. The van der Waals surface area contributed by atoms with Crippen LogP contribution in [0.5, 0.6) is 5.75 Å². The average Bonchev–Trinajstić information content (AvgIpc) is 2.35. The van der Waals surface area contributed by atoms with Crippen LogP contribution in [0.15, 0.2) is 18.2 Å². The quantitative estimate of drug-likeness (QED) is 0.797. The van der Waals surface area contributed by atoms with Crippen molar-refractivity contribution < 1.29 is 9.84 Å². The van der Waals surface area contributed by atoms with E-state index in [0.29, 0.717) is 6.54 Å². The molecule has 0 aliphatic carbocycles.